The number of benzene rings is 1. The zero-order valence-corrected chi connectivity index (χ0v) is 17.9. The molecule has 2 rings (SSSR count). The molecule has 1 aromatic heterocycles. The summed E-state index contributed by atoms with van der Waals surface area (Å²) in [6.45, 7) is 12.7. The van der Waals surface area contributed by atoms with Crippen molar-refractivity contribution in [1.82, 2.24) is 10.2 Å². The Balaban J connectivity index is 0.00000190. The molecule has 6 nitrogen and oxygen atoms in total. The molecule has 0 spiro atoms. The average molecular weight is 386 g/mol. The minimum atomic E-state index is 0.341. The van der Waals surface area contributed by atoms with Crippen LogP contribution in [0, 0.1) is 13.8 Å². The fraction of sp³-hybridized carbons (Fsp3) is 0.409. The third kappa shape index (κ3) is 7.02. The van der Waals surface area contributed by atoms with Gasteiger partial charge in [-0.25, -0.2) is 0 Å². The van der Waals surface area contributed by atoms with Gasteiger partial charge in [-0.05, 0) is 63.1 Å². The highest BCUT2D eigenvalue weighted by molar-refractivity contribution is 5.96. The normalized spacial score (nSPS) is 11.0. The lowest BCUT2D eigenvalue weighted by Crippen LogP contribution is -2.06. The molecule has 0 unspecified atom stereocenters. The molecule has 28 heavy (non-hydrogen) atoms. The Morgan fingerprint density at radius 1 is 1.07 bits per heavy atom. The summed E-state index contributed by atoms with van der Waals surface area (Å²) in [4.78, 5) is 4.74. The number of allylic oxidation sites excluding steroid dienone is 1. The zero-order chi connectivity index (χ0) is 20.9. The van der Waals surface area contributed by atoms with Gasteiger partial charge < -0.3 is 14.3 Å². The van der Waals surface area contributed by atoms with Gasteiger partial charge in [0.25, 0.3) is 0 Å². The first-order valence-corrected chi connectivity index (χ1v) is 9.44. The maximum Gasteiger partial charge on any atom is 0.132 e. The molecule has 0 saturated carbocycles. The van der Waals surface area contributed by atoms with E-state index >= 15 is 0 Å². The van der Waals surface area contributed by atoms with E-state index in [1.807, 2.05) is 78.0 Å². The van der Waals surface area contributed by atoms with Gasteiger partial charge in [0, 0.05) is 0 Å². The van der Waals surface area contributed by atoms with Crippen LogP contribution in [0.15, 0.2) is 41.6 Å². The van der Waals surface area contributed by atoms with E-state index in [-0.39, 0.29) is 0 Å². The van der Waals surface area contributed by atoms with Gasteiger partial charge in [-0.3, -0.25) is 0 Å². The second kappa shape index (κ2) is 12.5. The van der Waals surface area contributed by atoms with E-state index in [4.69, 9.17) is 14.3 Å². The molecule has 0 fully saturated rings. The fourth-order valence-electron chi connectivity index (χ4n) is 2.42. The highest BCUT2D eigenvalue weighted by atomic mass is 16.6. The molecule has 152 valence electrons. The Bertz CT molecular complexity index is 761. The lowest BCUT2D eigenvalue weighted by Gasteiger charge is -2.14. The van der Waals surface area contributed by atoms with Gasteiger partial charge in [-0.1, -0.05) is 31.2 Å². The van der Waals surface area contributed by atoms with Crippen molar-refractivity contribution in [2.45, 2.75) is 48.1 Å². The number of aryl methyl sites for hydroxylation is 2. The van der Waals surface area contributed by atoms with E-state index < -0.39 is 0 Å². The molecule has 0 N–H and O–H groups in total. The number of nitrogens with zero attached hydrogens (tertiary/aromatic N) is 3. The molecular formula is C22H31N3O3. The van der Waals surface area contributed by atoms with Crippen LogP contribution in [0.4, 0.5) is 0 Å². The molecule has 0 saturated heterocycles. The Kier molecular flexibility index (Phi) is 10.3. The van der Waals surface area contributed by atoms with E-state index in [9.17, 15) is 0 Å². The average Bonchev–Trinajstić information content (AvgIpc) is 2.70. The molecule has 0 atom stereocenters. The van der Waals surface area contributed by atoms with E-state index in [1.54, 1.807) is 0 Å². The molecule has 2 aromatic rings. The molecule has 1 aromatic carbocycles. The van der Waals surface area contributed by atoms with Crippen LogP contribution in [-0.4, -0.2) is 29.6 Å². The van der Waals surface area contributed by atoms with Crippen molar-refractivity contribution in [3.8, 4) is 11.5 Å². The first-order chi connectivity index (χ1) is 13.5. The molecule has 0 aliphatic rings. The number of hydrogen-bond donors (Lipinski definition) is 0. The van der Waals surface area contributed by atoms with Crippen molar-refractivity contribution >= 4 is 5.71 Å². The lowest BCUT2D eigenvalue weighted by molar-refractivity contribution is 0.213. The first kappa shape index (κ1) is 23.1. The smallest absolute Gasteiger partial charge is 0.132 e. The summed E-state index contributed by atoms with van der Waals surface area (Å²) in [5.41, 5.74) is 4.13. The van der Waals surface area contributed by atoms with Gasteiger partial charge in [0.05, 0.1) is 0 Å². The van der Waals surface area contributed by atoms with E-state index in [0.29, 0.717) is 24.6 Å². The minimum Gasteiger partial charge on any atom is -0.490 e. The van der Waals surface area contributed by atoms with Crippen molar-refractivity contribution in [1.29, 1.82) is 0 Å². The largest absolute Gasteiger partial charge is 0.490 e. The number of oxime groups is 1. The summed E-state index contributed by atoms with van der Waals surface area (Å²) in [6, 6.07) is 7.67. The highest BCUT2D eigenvalue weighted by Crippen LogP contribution is 2.29. The summed E-state index contributed by atoms with van der Waals surface area (Å²) >= 11 is 0. The number of rotatable bonds is 8. The van der Waals surface area contributed by atoms with Crippen LogP contribution in [-0.2, 0) is 11.4 Å². The SMILES string of the molecule is C/C=C/COc1cc(C)c(OCc2ccc(C(C)=NOC)nn2)c(C)c1.CC. The third-order valence-corrected chi connectivity index (χ3v) is 3.70. The summed E-state index contributed by atoms with van der Waals surface area (Å²) in [6.07, 6.45) is 3.93. The van der Waals surface area contributed by atoms with Crippen LogP contribution in [0.3, 0.4) is 0 Å². The van der Waals surface area contributed by atoms with E-state index in [2.05, 4.69) is 15.4 Å². The maximum atomic E-state index is 5.96. The fourth-order valence-corrected chi connectivity index (χ4v) is 2.42. The first-order valence-electron chi connectivity index (χ1n) is 9.44. The second-order valence-electron chi connectivity index (χ2n) is 5.82. The van der Waals surface area contributed by atoms with Crippen LogP contribution >= 0.6 is 0 Å². The van der Waals surface area contributed by atoms with Gasteiger partial charge in [-0.2, -0.15) is 5.10 Å². The maximum absolute atomic E-state index is 5.96. The van der Waals surface area contributed by atoms with Gasteiger partial charge in [0.2, 0.25) is 0 Å². The highest BCUT2D eigenvalue weighted by Gasteiger charge is 2.09. The van der Waals surface area contributed by atoms with Crippen molar-refractivity contribution in [3.05, 3.63) is 58.9 Å². The Hall–Kier alpha value is -2.89. The predicted octanol–water partition coefficient (Wildman–Crippen LogP) is 5.02. The lowest BCUT2D eigenvalue weighted by atomic mass is 10.1. The number of ether oxygens (including phenoxy) is 2. The molecule has 0 aliphatic heterocycles. The Morgan fingerprint density at radius 3 is 2.29 bits per heavy atom. The molecule has 1 heterocycles. The molecule has 0 aliphatic carbocycles. The van der Waals surface area contributed by atoms with Crippen LogP contribution in [0.1, 0.15) is 50.2 Å². The van der Waals surface area contributed by atoms with Crippen LogP contribution in [0.2, 0.25) is 0 Å². The topological polar surface area (TPSA) is 65.8 Å². The molecule has 0 bridgehead atoms. The minimum absolute atomic E-state index is 0.341. The zero-order valence-electron chi connectivity index (χ0n) is 17.9. The van der Waals surface area contributed by atoms with Crippen LogP contribution in [0.5, 0.6) is 11.5 Å². The van der Waals surface area contributed by atoms with Gasteiger partial charge in [0.1, 0.15) is 48.9 Å². The Morgan fingerprint density at radius 2 is 1.75 bits per heavy atom. The summed E-state index contributed by atoms with van der Waals surface area (Å²) in [5, 5.41) is 12.2. The molecule has 6 heteroatoms. The summed E-state index contributed by atoms with van der Waals surface area (Å²) in [7, 11) is 1.50. The quantitative estimate of drug-likeness (QED) is 0.362. The summed E-state index contributed by atoms with van der Waals surface area (Å²) < 4.78 is 11.7. The third-order valence-electron chi connectivity index (χ3n) is 3.70. The predicted molar refractivity (Wildman–Crippen MR) is 113 cm³/mol. The molecule has 0 amide bonds. The second-order valence-corrected chi connectivity index (χ2v) is 5.82. The number of hydrogen-bond acceptors (Lipinski definition) is 6. The van der Waals surface area contributed by atoms with Crippen molar-refractivity contribution in [3.63, 3.8) is 0 Å². The Labute approximate surface area is 168 Å². The van der Waals surface area contributed by atoms with E-state index in [1.165, 1.54) is 7.11 Å². The van der Waals surface area contributed by atoms with Gasteiger partial charge in [-0.15, -0.1) is 5.10 Å². The van der Waals surface area contributed by atoms with Crippen molar-refractivity contribution < 1.29 is 14.3 Å². The van der Waals surface area contributed by atoms with Gasteiger partial charge in [0.15, 0.2) is 0 Å². The van der Waals surface area contributed by atoms with Crippen molar-refractivity contribution in [2.24, 2.45) is 5.16 Å². The molecule has 0 radical (unpaired) electrons. The monoisotopic (exact) mass is 385 g/mol. The van der Waals surface area contributed by atoms with Crippen LogP contribution < -0.4 is 9.47 Å². The van der Waals surface area contributed by atoms with E-state index in [0.717, 1.165) is 28.3 Å². The van der Waals surface area contributed by atoms with Crippen molar-refractivity contribution in [2.75, 3.05) is 13.7 Å². The standard InChI is InChI=1S/C20H25N3O3.C2H6/c1-6-7-10-25-18-11-14(2)20(15(3)12-18)26-13-17-8-9-19(22-21-17)16(4)23-24-5;1-2/h6-9,11-12H,10,13H2,1-5H3;1-2H3/b7-6+,23-16?;. The van der Waals surface area contributed by atoms with Gasteiger partial charge >= 0.3 is 0 Å². The summed E-state index contributed by atoms with van der Waals surface area (Å²) in [5.74, 6) is 1.67. The molecular weight excluding hydrogens is 354 g/mol. The number of aromatic nitrogens is 2. The van der Waals surface area contributed by atoms with Crippen LogP contribution in [0.25, 0.3) is 0 Å².